The minimum atomic E-state index is 0.403. The predicted octanol–water partition coefficient (Wildman–Crippen LogP) is 0.661. The van der Waals surface area contributed by atoms with Crippen LogP contribution in [0.3, 0.4) is 0 Å². The fourth-order valence-electron chi connectivity index (χ4n) is 1.74. The summed E-state index contributed by atoms with van der Waals surface area (Å²) >= 11 is 0. The molecule has 0 unspecified atom stereocenters. The maximum atomic E-state index is 5.48. The molecule has 1 aromatic carbocycles. The fourth-order valence-corrected chi connectivity index (χ4v) is 1.74. The van der Waals surface area contributed by atoms with Gasteiger partial charge >= 0.3 is 0 Å². The van der Waals surface area contributed by atoms with Crippen LogP contribution in [-0.2, 0) is 13.1 Å². The number of imidazole rings is 1. The van der Waals surface area contributed by atoms with Crippen molar-refractivity contribution in [2.24, 2.45) is 5.73 Å². The number of nitrogens with one attached hydrogen (secondary N) is 1. The van der Waals surface area contributed by atoms with Crippen LogP contribution in [0, 0.1) is 0 Å². The smallest absolute Gasteiger partial charge is 0.129 e. The minimum absolute atomic E-state index is 0.403. The molecule has 3 aromatic rings. The lowest BCUT2D eigenvalue weighted by molar-refractivity contribution is 0.630. The molecular weight excluding hydrogens is 216 g/mol. The summed E-state index contributed by atoms with van der Waals surface area (Å²) in [4.78, 5) is 7.71. The molecule has 0 saturated heterocycles. The van der Waals surface area contributed by atoms with Crippen LogP contribution in [0.15, 0.2) is 30.5 Å². The highest BCUT2D eigenvalue weighted by atomic mass is 15.4. The van der Waals surface area contributed by atoms with E-state index in [2.05, 4.69) is 20.3 Å². The molecule has 6 heteroatoms. The van der Waals surface area contributed by atoms with Crippen molar-refractivity contribution < 1.29 is 0 Å². The molecule has 3 rings (SSSR count). The molecule has 0 bridgehead atoms. The standard InChI is InChI=1S/C11H12N6/c12-5-8-6-17(16-15-8)7-11-13-9-3-1-2-4-10(9)14-11/h1-4,6H,5,7,12H2,(H,13,14). The third kappa shape index (κ3) is 1.90. The second kappa shape index (κ2) is 3.99. The van der Waals surface area contributed by atoms with E-state index in [0.717, 1.165) is 22.6 Å². The Morgan fingerprint density at radius 3 is 2.94 bits per heavy atom. The van der Waals surface area contributed by atoms with Crippen molar-refractivity contribution in [3.05, 3.63) is 42.0 Å². The summed E-state index contributed by atoms with van der Waals surface area (Å²) in [5.41, 5.74) is 8.25. The summed E-state index contributed by atoms with van der Waals surface area (Å²) in [5, 5.41) is 7.91. The van der Waals surface area contributed by atoms with Gasteiger partial charge in [0, 0.05) is 6.54 Å². The Morgan fingerprint density at radius 2 is 2.18 bits per heavy atom. The highest BCUT2D eigenvalue weighted by molar-refractivity contribution is 5.74. The summed E-state index contributed by atoms with van der Waals surface area (Å²) in [6.07, 6.45) is 1.83. The number of rotatable bonds is 3. The molecule has 0 atom stereocenters. The van der Waals surface area contributed by atoms with E-state index in [1.165, 1.54) is 0 Å². The number of aromatic nitrogens is 5. The molecule has 3 N–H and O–H groups in total. The lowest BCUT2D eigenvalue weighted by Crippen LogP contribution is -2.02. The van der Waals surface area contributed by atoms with E-state index in [9.17, 15) is 0 Å². The van der Waals surface area contributed by atoms with Crippen LogP contribution >= 0.6 is 0 Å². The van der Waals surface area contributed by atoms with Crippen LogP contribution in [0.4, 0.5) is 0 Å². The van der Waals surface area contributed by atoms with Gasteiger partial charge in [-0.1, -0.05) is 17.3 Å². The Balaban J connectivity index is 1.89. The molecule has 0 amide bonds. The molecule has 86 valence electrons. The van der Waals surface area contributed by atoms with Gasteiger partial charge < -0.3 is 10.7 Å². The molecule has 0 radical (unpaired) electrons. The number of aromatic amines is 1. The summed E-state index contributed by atoms with van der Waals surface area (Å²) in [7, 11) is 0. The monoisotopic (exact) mass is 228 g/mol. The Morgan fingerprint density at radius 1 is 1.29 bits per heavy atom. The van der Waals surface area contributed by atoms with E-state index in [4.69, 9.17) is 5.73 Å². The SMILES string of the molecule is NCc1cn(Cc2nc3ccccc3[nH]2)nn1. The van der Waals surface area contributed by atoms with Crippen LogP contribution in [0.5, 0.6) is 0 Å². The Hall–Kier alpha value is -2.21. The second-order valence-corrected chi connectivity index (χ2v) is 3.81. The minimum Gasteiger partial charge on any atom is -0.340 e. The number of benzene rings is 1. The highest BCUT2D eigenvalue weighted by Crippen LogP contribution is 2.10. The van der Waals surface area contributed by atoms with Crippen molar-refractivity contribution in [2.45, 2.75) is 13.1 Å². The molecule has 0 aliphatic carbocycles. The highest BCUT2D eigenvalue weighted by Gasteiger charge is 2.04. The van der Waals surface area contributed by atoms with Crippen molar-refractivity contribution >= 4 is 11.0 Å². The predicted molar refractivity (Wildman–Crippen MR) is 63.1 cm³/mol. The Bertz CT molecular complexity index is 605. The van der Waals surface area contributed by atoms with Crippen LogP contribution in [0.2, 0.25) is 0 Å². The maximum absolute atomic E-state index is 5.48. The number of fused-ring (bicyclic) bond motifs is 1. The molecule has 0 aliphatic heterocycles. The zero-order chi connectivity index (χ0) is 11.7. The normalized spacial score (nSPS) is 11.1. The summed E-state index contributed by atoms with van der Waals surface area (Å²) in [5.74, 6) is 0.861. The number of nitrogens with zero attached hydrogens (tertiary/aromatic N) is 4. The molecule has 0 saturated carbocycles. The Kier molecular flexibility index (Phi) is 2.34. The van der Waals surface area contributed by atoms with Crippen LogP contribution in [-0.4, -0.2) is 25.0 Å². The van der Waals surface area contributed by atoms with Gasteiger partial charge in [0.05, 0.1) is 22.9 Å². The number of nitrogens with two attached hydrogens (primary N) is 1. The van der Waals surface area contributed by atoms with Gasteiger partial charge in [-0.25, -0.2) is 9.67 Å². The number of H-pyrrole nitrogens is 1. The van der Waals surface area contributed by atoms with Gasteiger partial charge in [-0.05, 0) is 12.1 Å². The third-order valence-corrected chi connectivity index (χ3v) is 2.55. The maximum Gasteiger partial charge on any atom is 0.129 e. The second-order valence-electron chi connectivity index (χ2n) is 3.81. The fraction of sp³-hybridized carbons (Fsp3) is 0.182. The molecule has 2 heterocycles. The van der Waals surface area contributed by atoms with Gasteiger partial charge in [0.2, 0.25) is 0 Å². The van der Waals surface area contributed by atoms with E-state index in [1.54, 1.807) is 4.68 Å². The third-order valence-electron chi connectivity index (χ3n) is 2.55. The van der Waals surface area contributed by atoms with Gasteiger partial charge in [-0.15, -0.1) is 5.10 Å². The van der Waals surface area contributed by atoms with Gasteiger partial charge in [0.1, 0.15) is 12.4 Å². The average molecular weight is 228 g/mol. The lowest BCUT2D eigenvalue weighted by atomic mass is 10.3. The molecule has 0 spiro atoms. The first-order chi connectivity index (χ1) is 8.35. The van der Waals surface area contributed by atoms with Crippen molar-refractivity contribution in [1.29, 1.82) is 0 Å². The van der Waals surface area contributed by atoms with Crippen LogP contribution < -0.4 is 5.73 Å². The van der Waals surface area contributed by atoms with E-state index >= 15 is 0 Å². The van der Waals surface area contributed by atoms with E-state index in [-0.39, 0.29) is 0 Å². The van der Waals surface area contributed by atoms with Crippen molar-refractivity contribution in [2.75, 3.05) is 0 Å². The van der Waals surface area contributed by atoms with Crippen molar-refractivity contribution in [3.63, 3.8) is 0 Å². The first-order valence-electron chi connectivity index (χ1n) is 5.38. The van der Waals surface area contributed by atoms with Crippen molar-refractivity contribution in [3.8, 4) is 0 Å². The average Bonchev–Trinajstić information content (AvgIpc) is 2.94. The van der Waals surface area contributed by atoms with Crippen molar-refractivity contribution in [1.82, 2.24) is 25.0 Å². The van der Waals surface area contributed by atoms with Gasteiger partial charge in [-0.2, -0.15) is 0 Å². The zero-order valence-electron chi connectivity index (χ0n) is 9.17. The summed E-state index contributed by atoms with van der Waals surface area (Å²) in [6.45, 7) is 0.974. The topological polar surface area (TPSA) is 85.4 Å². The Labute approximate surface area is 97.5 Å². The largest absolute Gasteiger partial charge is 0.340 e. The van der Waals surface area contributed by atoms with E-state index in [0.29, 0.717) is 13.1 Å². The quantitative estimate of drug-likeness (QED) is 0.689. The van der Waals surface area contributed by atoms with E-state index < -0.39 is 0 Å². The molecule has 0 aliphatic rings. The first-order valence-corrected chi connectivity index (χ1v) is 5.38. The lowest BCUT2D eigenvalue weighted by Gasteiger charge is -1.94. The molecule has 0 fully saturated rings. The molecule has 6 nitrogen and oxygen atoms in total. The van der Waals surface area contributed by atoms with Gasteiger partial charge in [-0.3, -0.25) is 0 Å². The molecular formula is C11H12N6. The van der Waals surface area contributed by atoms with Crippen LogP contribution in [0.25, 0.3) is 11.0 Å². The first kappa shape index (κ1) is 9.98. The van der Waals surface area contributed by atoms with E-state index in [1.807, 2.05) is 30.5 Å². The van der Waals surface area contributed by atoms with Crippen LogP contribution in [0.1, 0.15) is 11.5 Å². The summed E-state index contributed by atoms with van der Waals surface area (Å²) in [6, 6.07) is 7.92. The molecule has 17 heavy (non-hydrogen) atoms. The zero-order valence-corrected chi connectivity index (χ0v) is 9.17. The number of para-hydroxylation sites is 2. The van der Waals surface area contributed by atoms with Gasteiger partial charge in [0.15, 0.2) is 0 Å². The number of hydrogen-bond acceptors (Lipinski definition) is 4. The summed E-state index contributed by atoms with van der Waals surface area (Å²) < 4.78 is 1.72. The number of hydrogen-bond donors (Lipinski definition) is 2. The van der Waals surface area contributed by atoms with Gasteiger partial charge in [0.25, 0.3) is 0 Å². The molecule has 2 aromatic heterocycles.